The molecule has 3 aliphatic rings. The summed E-state index contributed by atoms with van der Waals surface area (Å²) >= 11 is 0. The zero-order valence-electron chi connectivity index (χ0n) is 12.5. The molecule has 2 N–H and O–H groups in total. The van der Waals surface area contributed by atoms with Gasteiger partial charge in [0.2, 0.25) is 5.91 Å². The molecular weight excluding hydrogens is 314 g/mol. The molecule has 7 nitrogen and oxygen atoms in total. The summed E-state index contributed by atoms with van der Waals surface area (Å²) in [6, 6.07) is 7.77. The van der Waals surface area contributed by atoms with Crippen LogP contribution >= 0.6 is 0 Å². The zero-order chi connectivity index (χ0) is 17.1. The van der Waals surface area contributed by atoms with E-state index in [0.717, 1.165) is 5.56 Å². The van der Waals surface area contributed by atoms with Crippen LogP contribution in [0.2, 0.25) is 0 Å². The fourth-order valence-corrected chi connectivity index (χ4v) is 4.18. The third kappa shape index (κ3) is 1.78. The average Bonchev–Trinajstić information content (AvgIpc) is 3.16. The van der Waals surface area contributed by atoms with E-state index >= 15 is 0 Å². The summed E-state index contributed by atoms with van der Waals surface area (Å²) in [5.41, 5.74) is -0.621. The van der Waals surface area contributed by atoms with Gasteiger partial charge in [0, 0.05) is 6.54 Å². The van der Waals surface area contributed by atoms with Gasteiger partial charge in [-0.1, -0.05) is 42.5 Å². The Morgan fingerprint density at radius 3 is 2.50 bits per heavy atom. The van der Waals surface area contributed by atoms with E-state index in [1.165, 1.54) is 4.90 Å². The van der Waals surface area contributed by atoms with Gasteiger partial charge in [0.05, 0.1) is 12.0 Å². The second-order valence-electron chi connectivity index (χ2n) is 6.33. The Morgan fingerprint density at radius 2 is 1.88 bits per heavy atom. The van der Waals surface area contributed by atoms with Gasteiger partial charge in [0.15, 0.2) is 6.04 Å². The largest absolute Gasteiger partial charge is 0.481 e. The highest BCUT2D eigenvalue weighted by Gasteiger charge is 2.73. The minimum atomic E-state index is -1.40. The summed E-state index contributed by atoms with van der Waals surface area (Å²) in [5.74, 6) is -4.88. The first-order valence-corrected chi connectivity index (χ1v) is 7.63. The quantitative estimate of drug-likeness (QED) is 0.780. The lowest BCUT2D eigenvalue weighted by Gasteiger charge is -2.29. The molecule has 0 saturated carbocycles. The molecule has 1 spiro atoms. The van der Waals surface area contributed by atoms with Gasteiger partial charge in [0.25, 0.3) is 0 Å². The molecule has 1 aromatic rings. The van der Waals surface area contributed by atoms with Crippen LogP contribution in [0.5, 0.6) is 0 Å². The SMILES string of the molecule is O=C(O)C1C2C=CC3(O2)C1C(=O)N(Cc1ccccc1)C3C(=O)O. The number of hydrogen-bond acceptors (Lipinski definition) is 4. The number of benzene rings is 1. The average molecular weight is 329 g/mol. The second-order valence-corrected chi connectivity index (χ2v) is 6.33. The van der Waals surface area contributed by atoms with Crippen molar-refractivity contribution in [3.05, 3.63) is 48.0 Å². The maximum absolute atomic E-state index is 12.9. The van der Waals surface area contributed by atoms with Gasteiger partial charge in [-0.15, -0.1) is 0 Å². The number of likely N-dealkylation sites (tertiary alicyclic amines) is 1. The molecule has 0 aliphatic carbocycles. The van der Waals surface area contributed by atoms with Gasteiger partial charge in [-0.3, -0.25) is 9.59 Å². The van der Waals surface area contributed by atoms with Crippen LogP contribution in [0.3, 0.4) is 0 Å². The van der Waals surface area contributed by atoms with Crippen LogP contribution in [0.25, 0.3) is 0 Å². The third-order valence-corrected chi connectivity index (χ3v) is 5.09. The van der Waals surface area contributed by atoms with E-state index in [2.05, 4.69) is 0 Å². The first-order chi connectivity index (χ1) is 11.5. The molecule has 24 heavy (non-hydrogen) atoms. The number of carbonyl (C=O) groups excluding carboxylic acids is 1. The number of fused-ring (bicyclic) bond motifs is 1. The fourth-order valence-electron chi connectivity index (χ4n) is 4.18. The molecule has 4 rings (SSSR count). The smallest absolute Gasteiger partial charge is 0.329 e. The van der Waals surface area contributed by atoms with Gasteiger partial charge >= 0.3 is 11.9 Å². The minimum absolute atomic E-state index is 0.100. The highest BCUT2D eigenvalue weighted by Crippen LogP contribution is 2.55. The lowest BCUT2D eigenvalue weighted by molar-refractivity contribution is -0.153. The molecule has 0 aromatic heterocycles. The summed E-state index contributed by atoms with van der Waals surface area (Å²) < 4.78 is 5.73. The van der Waals surface area contributed by atoms with Crippen molar-refractivity contribution in [2.75, 3.05) is 0 Å². The first kappa shape index (κ1) is 14.9. The lowest BCUT2D eigenvalue weighted by atomic mass is 9.75. The van der Waals surface area contributed by atoms with E-state index in [4.69, 9.17) is 4.74 Å². The van der Waals surface area contributed by atoms with Crippen LogP contribution in [0.1, 0.15) is 5.56 Å². The van der Waals surface area contributed by atoms with Crippen molar-refractivity contribution in [1.29, 1.82) is 0 Å². The number of aliphatic carboxylic acids is 2. The van der Waals surface area contributed by atoms with E-state index in [1.807, 2.05) is 6.07 Å². The number of carboxylic acid groups (broad SMARTS) is 2. The molecule has 3 aliphatic heterocycles. The zero-order valence-corrected chi connectivity index (χ0v) is 12.5. The molecule has 0 radical (unpaired) electrons. The molecule has 5 unspecified atom stereocenters. The molecule has 1 amide bonds. The molecule has 2 bridgehead atoms. The lowest BCUT2D eigenvalue weighted by Crippen LogP contribution is -2.50. The van der Waals surface area contributed by atoms with Crippen molar-refractivity contribution >= 4 is 17.8 Å². The fraction of sp³-hybridized carbons (Fsp3) is 0.353. The van der Waals surface area contributed by atoms with Gasteiger partial charge in [-0.25, -0.2) is 4.79 Å². The first-order valence-electron chi connectivity index (χ1n) is 7.63. The predicted octanol–water partition coefficient (Wildman–Crippen LogP) is 0.506. The topological polar surface area (TPSA) is 104 Å². The van der Waals surface area contributed by atoms with Crippen LogP contribution in [0, 0.1) is 11.8 Å². The number of hydrogen-bond donors (Lipinski definition) is 2. The molecular formula is C17H15NO6. The number of ether oxygens (including phenoxy) is 1. The van der Waals surface area contributed by atoms with Crippen molar-refractivity contribution in [2.45, 2.75) is 24.3 Å². The number of nitrogens with zero attached hydrogens (tertiary/aromatic N) is 1. The maximum atomic E-state index is 12.9. The summed E-state index contributed by atoms with van der Waals surface area (Å²) in [6.07, 6.45) is 2.37. The Balaban J connectivity index is 1.77. The van der Waals surface area contributed by atoms with Gasteiger partial charge in [0.1, 0.15) is 11.5 Å². The van der Waals surface area contributed by atoms with Crippen molar-refractivity contribution in [1.82, 2.24) is 4.90 Å². The summed E-state index contributed by atoms with van der Waals surface area (Å²) in [4.78, 5) is 37.6. The molecule has 1 aromatic carbocycles. The molecule has 2 saturated heterocycles. The Kier molecular flexibility index (Phi) is 3.05. The molecule has 2 fully saturated rings. The van der Waals surface area contributed by atoms with E-state index in [-0.39, 0.29) is 6.54 Å². The number of carboxylic acids is 2. The molecule has 5 atom stereocenters. The normalized spacial score (nSPS) is 36.2. The number of rotatable bonds is 4. The van der Waals surface area contributed by atoms with Crippen molar-refractivity contribution < 1.29 is 29.3 Å². The van der Waals surface area contributed by atoms with Crippen LogP contribution in [0.15, 0.2) is 42.5 Å². The van der Waals surface area contributed by atoms with Crippen LogP contribution in [-0.2, 0) is 25.7 Å². The Hall–Kier alpha value is -2.67. The summed E-state index contributed by atoms with van der Waals surface area (Å²) in [6.45, 7) is 0.100. The van der Waals surface area contributed by atoms with Crippen LogP contribution < -0.4 is 0 Å². The van der Waals surface area contributed by atoms with Crippen molar-refractivity contribution in [2.24, 2.45) is 11.8 Å². The number of carbonyl (C=O) groups is 3. The van der Waals surface area contributed by atoms with Crippen molar-refractivity contribution in [3.63, 3.8) is 0 Å². The third-order valence-electron chi connectivity index (χ3n) is 5.09. The van der Waals surface area contributed by atoms with Gasteiger partial charge < -0.3 is 19.8 Å². The second kappa shape index (κ2) is 4.91. The van der Waals surface area contributed by atoms with Gasteiger partial charge in [-0.05, 0) is 5.56 Å². The summed E-state index contributed by atoms with van der Waals surface area (Å²) in [7, 11) is 0. The predicted molar refractivity (Wildman–Crippen MR) is 79.8 cm³/mol. The monoisotopic (exact) mass is 329 g/mol. The maximum Gasteiger partial charge on any atom is 0.329 e. The summed E-state index contributed by atoms with van der Waals surface area (Å²) in [5, 5.41) is 19.2. The Labute approximate surface area is 137 Å². The highest BCUT2D eigenvalue weighted by atomic mass is 16.5. The van der Waals surface area contributed by atoms with E-state index in [9.17, 15) is 24.6 Å². The molecule has 124 valence electrons. The van der Waals surface area contributed by atoms with Crippen LogP contribution in [0.4, 0.5) is 0 Å². The Bertz CT molecular complexity index is 760. The van der Waals surface area contributed by atoms with E-state index in [0.29, 0.717) is 0 Å². The minimum Gasteiger partial charge on any atom is -0.481 e. The Morgan fingerprint density at radius 1 is 1.17 bits per heavy atom. The highest BCUT2D eigenvalue weighted by molar-refractivity contribution is 5.97. The number of amides is 1. The standard InChI is InChI=1S/C17H15NO6/c19-14-12-11(15(20)21)10-6-7-17(12,24-10)13(16(22)23)18(14)8-9-4-2-1-3-5-9/h1-7,10-13H,8H2,(H,20,21)(H,22,23). The van der Waals surface area contributed by atoms with E-state index < -0.39 is 47.4 Å². The van der Waals surface area contributed by atoms with Gasteiger partial charge in [-0.2, -0.15) is 0 Å². The molecule has 7 heteroatoms. The van der Waals surface area contributed by atoms with E-state index in [1.54, 1.807) is 36.4 Å². The van der Waals surface area contributed by atoms with Crippen molar-refractivity contribution in [3.8, 4) is 0 Å². The van der Waals surface area contributed by atoms with Crippen LogP contribution in [-0.4, -0.2) is 50.7 Å². The molecule has 3 heterocycles.